The maximum atomic E-state index is 12.6. The van der Waals surface area contributed by atoms with E-state index in [1.54, 1.807) is 0 Å². The number of aliphatic carboxylic acids is 1. The molecule has 1 aromatic carbocycles. The van der Waals surface area contributed by atoms with Gasteiger partial charge in [-0.25, -0.2) is 4.68 Å². The van der Waals surface area contributed by atoms with Crippen LogP contribution in [0.5, 0.6) is 0 Å². The molecule has 0 saturated heterocycles. The fourth-order valence-corrected chi connectivity index (χ4v) is 3.65. The Morgan fingerprint density at radius 1 is 1.23 bits per heavy atom. The van der Waals surface area contributed by atoms with Crippen molar-refractivity contribution >= 4 is 11.9 Å². The number of amides is 1. The number of hydrogen-bond acceptors (Lipinski definition) is 3. The van der Waals surface area contributed by atoms with E-state index in [0.717, 1.165) is 24.0 Å². The molecule has 2 aromatic rings. The van der Waals surface area contributed by atoms with Gasteiger partial charge in [0.05, 0.1) is 17.6 Å². The fourth-order valence-electron chi connectivity index (χ4n) is 3.65. The summed E-state index contributed by atoms with van der Waals surface area (Å²) in [6.07, 6.45) is 2.92. The summed E-state index contributed by atoms with van der Waals surface area (Å²) in [5.41, 5.74) is 1.67. The van der Waals surface area contributed by atoms with Gasteiger partial charge in [0.25, 0.3) is 11.5 Å². The lowest BCUT2D eigenvalue weighted by atomic mass is 9.93. The van der Waals surface area contributed by atoms with Gasteiger partial charge in [-0.05, 0) is 43.9 Å². The van der Waals surface area contributed by atoms with Crippen LogP contribution in [-0.2, 0) is 4.79 Å². The summed E-state index contributed by atoms with van der Waals surface area (Å²) in [7, 11) is 0. The van der Waals surface area contributed by atoms with E-state index in [1.807, 2.05) is 32.0 Å². The topological polar surface area (TPSA) is 104 Å². The second kappa shape index (κ2) is 6.82. The van der Waals surface area contributed by atoms with Crippen LogP contribution in [0.15, 0.2) is 29.1 Å². The van der Waals surface area contributed by atoms with Gasteiger partial charge in [0, 0.05) is 6.07 Å². The summed E-state index contributed by atoms with van der Waals surface area (Å²) in [4.78, 5) is 36.2. The van der Waals surface area contributed by atoms with Crippen LogP contribution in [0.1, 0.15) is 53.7 Å². The molecule has 0 aliphatic heterocycles. The van der Waals surface area contributed by atoms with Crippen molar-refractivity contribution in [1.29, 1.82) is 0 Å². The number of rotatable bonds is 5. The molecule has 3 rings (SSSR count). The zero-order chi connectivity index (χ0) is 18.9. The number of aryl methyl sites for hydroxylation is 2. The van der Waals surface area contributed by atoms with Gasteiger partial charge in [-0.3, -0.25) is 19.5 Å². The molecule has 0 spiro atoms. The van der Waals surface area contributed by atoms with Crippen molar-refractivity contribution in [3.63, 3.8) is 0 Å². The number of aromatic nitrogens is 2. The molecule has 1 aliphatic carbocycles. The Kier molecular flexibility index (Phi) is 4.71. The van der Waals surface area contributed by atoms with Gasteiger partial charge < -0.3 is 10.4 Å². The van der Waals surface area contributed by atoms with Crippen LogP contribution in [0.2, 0.25) is 0 Å². The number of carbonyl (C=O) groups is 2. The maximum absolute atomic E-state index is 12.6. The molecule has 0 unspecified atom stereocenters. The quantitative estimate of drug-likeness (QED) is 0.764. The highest BCUT2D eigenvalue weighted by Crippen LogP contribution is 2.32. The molecule has 138 valence electrons. The van der Waals surface area contributed by atoms with Crippen LogP contribution in [-0.4, -0.2) is 32.3 Å². The number of H-pyrrole nitrogens is 1. The smallest absolute Gasteiger partial charge is 0.305 e. The van der Waals surface area contributed by atoms with Crippen molar-refractivity contribution in [3.05, 3.63) is 51.4 Å². The Hall–Kier alpha value is -2.83. The van der Waals surface area contributed by atoms with Crippen molar-refractivity contribution in [2.24, 2.45) is 0 Å². The Labute approximate surface area is 151 Å². The van der Waals surface area contributed by atoms with Gasteiger partial charge in [0.15, 0.2) is 0 Å². The van der Waals surface area contributed by atoms with Gasteiger partial charge in [-0.15, -0.1) is 0 Å². The number of benzene rings is 1. The molecule has 7 heteroatoms. The van der Waals surface area contributed by atoms with E-state index in [2.05, 4.69) is 10.4 Å². The first-order chi connectivity index (χ1) is 12.3. The molecule has 1 aliphatic rings. The predicted octanol–water partition coefficient (Wildman–Crippen LogP) is 2.30. The van der Waals surface area contributed by atoms with Gasteiger partial charge in [0.1, 0.15) is 5.69 Å². The predicted molar refractivity (Wildman–Crippen MR) is 96.8 cm³/mol. The number of carboxylic acids is 1. The highest BCUT2D eigenvalue weighted by atomic mass is 16.4. The van der Waals surface area contributed by atoms with Crippen LogP contribution in [0, 0.1) is 13.8 Å². The van der Waals surface area contributed by atoms with Crippen LogP contribution in [0.25, 0.3) is 5.69 Å². The van der Waals surface area contributed by atoms with Crippen molar-refractivity contribution in [2.75, 3.05) is 0 Å². The molecule has 1 saturated carbocycles. The van der Waals surface area contributed by atoms with Crippen LogP contribution in [0.4, 0.5) is 0 Å². The molecule has 1 fully saturated rings. The number of carbonyl (C=O) groups excluding carboxylic acids is 1. The first-order valence-corrected chi connectivity index (χ1v) is 8.74. The van der Waals surface area contributed by atoms with E-state index < -0.39 is 17.4 Å². The van der Waals surface area contributed by atoms with E-state index in [0.29, 0.717) is 18.5 Å². The highest BCUT2D eigenvalue weighted by molar-refractivity contribution is 5.93. The average molecular weight is 357 g/mol. The van der Waals surface area contributed by atoms with Crippen LogP contribution in [0.3, 0.4) is 0 Å². The summed E-state index contributed by atoms with van der Waals surface area (Å²) < 4.78 is 1.34. The van der Waals surface area contributed by atoms with Crippen molar-refractivity contribution < 1.29 is 14.7 Å². The Balaban J connectivity index is 1.88. The minimum absolute atomic E-state index is 0.110. The van der Waals surface area contributed by atoms with E-state index in [-0.39, 0.29) is 17.7 Å². The first kappa shape index (κ1) is 18.0. The molecule has 26 heavy (non-hydrogen) atoms. The molecule has 1 heterocycles. The van der Waals surface area contributed by atoms with Gasteiger partial charge in [-0.1, -0.05) is 25.0 Å². The molecule has 7 nitrogen and oxygen atoms in total. The second-order valence-corrected chi connectivity index (χ2v) is 7.15. The zero-order valence-corrected chi connectivity index (χ0v) is 15.0. The molecule has 0 atom stereocenters. The van der Waals surface area contributed by atoms with Gasteiger partial charge in [0.2, 0.25) is 0 Å². The third kappa shape index (κ3) is 3.56. The summed E-state index contributed by atoms with van der Waals surface area (Å²) >= 11 is 0. The number of carboxylic acid groups (broad SMARTS) is 1. The van der Waals surface area contributed by atoms with Crippen molar-refractivity contribution in [1.82, 2.24) is 15.1 Å². The van der Waals surface area contributed by atoms with E-state index in [4.69, 9.17) is 5.11 Å². The van der Waals surface area contributed by atoms with Crippen LogP contribution >= 0.6 is 0 Å². The van der Waals surface area contributed by atoms with Crippen LogP contribution < -0.4 is 10.9 Å². The average Bonchev–Trinajstić information content (AvgIpc) is 3.16. The van der Waals surface area contributed by atoms with E-state index in [1.165, 1.54) is 10.7 Å². The number of nitrogens with one attached hydrogen (secondary N) is 2. The minimum Gasteiger partial charge on any atom is -0.481 e. The summed E-state index contributed by atoms with van der Waals surface area (Å²) in [5, 5.41) is 14.9. The lowest BCUT2D eigenvalue weighted by molar-refractivity contribution is -0.138. The van der Waals surface area contributed by atoms with E-state index >= 15 is 0 Å². The molecule has 1 aromatic heterocycles. The Morgan fingerprint density at radius 2 is 1.92 bits per heavy atom. The summed E-state index contributed by atoms with van der Waals surface area (Å²) in [5.74, 6) is -1.39. The molecule has 0 radical (unpaired) electrons. The molecular formula is C19H23N3O4. The monoisotopic (exact) mass is 357 g/mol. The SMILES string of the molecule is Cc1ccc(C)c(-n2[nH]c(C(=O)NC3(CC(=O)O)CCCC3)cc2=O)c1. The lowest BCUT2D eigenvalue weighted by Crippen LogP contribution is -2.48. The fraction of sp³-hybridized carbons (Fsp3) is 0.421. The Morgan fingerprint density at radius 3 is 2.58 bits per heavy atom. The number of aromatic amines is 1. The Bertz CT molecular complexity index is 904. The molecule has 0 bridgehead atoms. The number of hydrogen-bond donors (Lipinski definition) is 3. The van der Waals surface area contributed by atoms with Crippen molar-refractivity contribution in [2.45, 2.75) is 51.5 Å². The van der Waals surface area contributed by atoms with Crippen molar-refractivity contribution in [3.8, 4) is 5.69 Å². The first-order valence-electron chi connectivity index (χ1n) is 8.74. The third-order valence-electron chi connectivity index (χ3n) is 5.00. The summed E-state index contributed by atoms with van der Waals surface area (Å²) in [6.45, 7) is 3.82. The largest absolute Gasteiger partial charge is 0.481 e. The van der Waals surface area contributed by atoms with Gasteiger partial charge >= 0.3 is 5.97 Å². The number of nitrogens with zero attached hydrogens (tertiary/aromatic N) is 1. The standard InChI is InChI=1S/C19H23N3O4/c1-12-5-6-13(2)15(9-12)22-16(23)10-14(21-22)18(26)20-19(11-17(24)25)7-3-4-8-19/h5-6,9-10,21H,3-4,7-8,11H2,1-2H3,(H,20,26)(H,24,25). The molecular weight excluding hydrogens is 334 g/mol. The normalized spacial score (nSPS) is 15.8. The maximum Gasteiger partial charge on any atom is 0.305 e. The highest BCUT2D eigenvalue weighted by Gasteiger charge is 2.38. The van der Waals surface area contributed by atoms with E-state index in [9.17, 15) is 14.4 Å². The van der Waals surface area contributed by atoms with Gasteiger partial charge in [-0.2, -0.15) is 0 Å². The molecule has 1 amide bonds. The second-order valence-electron chi connectivity index (χ2n) is 7.15. The zero-order valence-electron chi connectivity index (χ0n) is 15.0. The minimum atomic E-state index is -0.936. The summed E-state index contributed by atoms with van der Waals surface area (Å²) in [6, 6.07) is 6.99. The molecule has 3 N–H and O–H groups in total. The lowest BCUT2D eigenvalue weighted by Gasteiger charge is -2.28. The third-order valence-corrected chi connectivity index (χ3v) is 5.00.